The Bertz CT molecular complexity index is 624. The van der Waals surface area contributed by atoms with Gasteiger partial charge in [-0.1, -0.05) is 26.0 Å². The van der Waals surface area contributed by atoms with E-state index in [9.17, 15) is 13.2 Å². The molecule has 1 aromatic heterocycles. The molecular formula is C14H15ClF3N3. The lowest BCUT2D eigenvalue weighted by Gasteiger charge is -2.21. The van der Waals surface area contributed by atoms with Crippen LogP contribution < -0.4 is 0 Å². The first-order valence-electron chi connectivity index (χ1n) is 6.33. The summed E-state index contributed by atoms with van der Waals surface area (Å²) in [6.07, 6.45) is -4.35. The van der Waals surface area contributed by atoms with E-state index in [1.54, 1.807) is 0 Å². The van der Waals surface area contributed by atoms with Gasteiger partial charge in [0.1, 0.15) is 5.69 Å². The van der Waals surface area contributed by atoms with E-state index in [1.807, 2.05) is 20.8 Å². The summed E-state index contributed by atoms with van der Waals surface area (Å²) in [7, 11) is 0. The third kappa shape index (κ3) is 3.20. The van der Waals surface area contributed by atoms with Crippen LogP contribution in [0.5, 0.6) is 0 Å². The number of benzene rings is 1. The zero-order valence-electron chi connectivity index (χ0n) is 11.9. The fourth-order valence-electron chi connectivity index (χ4n) is 2.13. The van der Waals surface area contributed by atoms with Crippen molar-refractivity contribution < 1.29 is 13.2 Å². The summed E-state index contributed by atoms with van der Waals surface area (Å²) in [5.74, 6) is 0.202. The molecular weight excluding hydrogens is 303 g/mol. The van der Waals surface area contributed by atoms with Gasteiger partial charge in [-0.15, -0.1) is 16.7 Å². The van der Waals surface area contributed by atoms with Gasteiger partial charge in [0.05, 0.1) is 22.8 Å². The van der Waals surface area contributed by atoms with Crippen molar-refractivity contribution in [3.05, 3.63) is 41.2 Å². The standard InChI is InChI=1S/C14H15ClF3N3/c1-13(2,3)12-11(8-15)19-20-21(12)10-6-4-9(5-7-10)14(16,17)18/h4-7H,8H2,1-3H3. The van der Waals surface area contributed by atoms with Crippen molar-refractivity contribution in [1.82, 2.24) is 15.0 Å². The highest BCUT2D eigenvalue weighted by Gasteiger charge is 2.30. The molecule has 7 heteroatoms. The molecule has 1 heterocycles. The van der Waals surface area contributed by atoms with Crippen LogP contribution in [0.15, 0.2) is 24.3 Å². The van der Waals surface area contributed by atoms with E-state index < -0.39 is 11.7 Å². The van der Waals surface area contributed by atoms with Crippen LogP contribution in [0.4, 0.5) is 13.2 Å². The minimum atomic E-state index is -4.35. The maximum Gasteiger partial charge on any atom is 0.416 e. The zero-order chi connectivity index (χ0) is 15.8. The van der Waals surface area contributed by atoms with E-state index in [1.165, 1.54) is 16.8 Å². The molecule has 0 aliphatic rings. The van der Waals surface area contributed by atoms with Gasteiger partial charge in [-0.05, 0) is 24.3 Å². The predicted molar refractivity (Wildman–Crippen MR) is 74.6 cm³/mol. The van der Waals surface area contributed by atoms with Crippen LogP contribution in [0, 0.1) is 0 Å². The van der Waals surface area contributed by atoms with E-state index in [0.717, 1.165) is 17.8 Å². The number of alkyl halides is 4. The Balaban J connectivity index is 2.50. The number of hydrogen-bond acceptors (Lipinski definition) is 2. The van der Waals surface area contributed by atoms with Crippen LogP contribution in [0.2, 0.25) is 0 Å². The summed E-state index contributed by atoms with van der Waals surface area (Å²) in [4.78, 5) is 0. The largest absolute Gasteiger partial charge is 0.416 e. The Morgan fingerprint density at radius 3 is 2.10 bits per heavy atom. The highest BCUT2D eigenvalue weighted by molar-refractivity contribution is 6.17. The van der Waals surface area contributed by atoms with Gasteiger partial charge in [0, 0.05) is 5.41 Å². The monoisotopic (exact) mass is 317 g/mol. The second-order valence-electron chi connectivity index (χ2n) is 5.72. The Labute approximate surface area is 125 Å². The quantitative estimate of drug-likeness (QED) is 0.772. The third-order valence-corrected chi connectivity index (χ3v) is 3.27. The molecule has 1 aromatic carbocycles. The summed E-state index contributed by atoms with van der Waals surface area (Å²) < 4.78 is 39.3. The first-order chi connectivity index (χ1) is 9.64. The molecule has 0 unspecified atom stereocenters. The van der Waals surface area contributed by atoms with Gasteiger partial charge < -0.3 is 0 Å². The number of halogens is 4. The summed E-state index contributed by atoms with van der Waals surface area (Å²) in [6.45, 7) is 5.92. The molecule has 0 aliphatic carbocycles. The molecule has 0 amide bonds. The molecule has 0 spiro atoms. The van der Waals surface area contributed by atoms with Crippen molar-refractivity contribution in [3.63, 3.8) is 0 Å². The zero-order valence-corrected chi connectivity index (χ0v) is 12.6. The molecule has 0 saturated heterocycles. The fourth-order valence-corrected chi connectivity index (χ4v) is 2.31. The molecule has 0 aliphatic heterocycles. The Morgan fingerprint density at radius 2 is 1.67 bits per heavy atom. The van der Waals surface area contributed by atoms with Gasteiger partial charge in [0.15, 0.2) is 0 Å². The number of nitrogens with zero attached hydrogens (tertiary/aromatic N) is 3. The summed E-state index contributed by atoms with van der Waals surface area (Å²) in [5, 5.41) is 8.02. The van der Waals surface area contributed by atoms with Gasteiger partial charge in [-0.3, -0.25) is 0 Å². The summed E-state index contributed by atoms with van der Waals surface area (Å²) in [6, 6.07) is 4.82. The van der Waals surface area contributed by atoms with Crippen LogP contribution in [0.1, 0.15) is 37.7 Å². The second kappa shape index (κ2) is 5.33. The Hall–Kier alpha value is -1.56. The molecule has 0 fully saturated rings. The maximum absolute atomic E-state index is 12.6. The molecule has 21 heavy (non-hydrogen) atoms. The van der Waals surface area contributed by atoms with Gasteiger partial charge in [0.2, 0.25) is 0 Å². The van der Waals surface area contributed by atoms with E-state index in [0.29, 0.717) is 11.4 Å². The highest BCUT2D eigenvalue weighted by atomic mass is 35.5. The van der Waals surface area contributed by atoms with Gasteiger partial charge in [-0.25, -0.2) is 4.68 Å². The lowest BCUT2D eigenvalue weighted by molar-refractivity contribution is -0.137. The van der Waals surface area contributed by atoms with Crippen molar-refractivity contribution in [2.75, 3.05) is 0 Å². The SMILES string of the molecule is CC(C)(C)c1c(CCl)nnn1-c1ccc(C(F)(F)F)cc1. The van der Waals surface area contributed by atoms with E-state index in [2.05, 4.69) is 10.3 Å². The molecule has 0 atom stereocenters. The Kier molecular flexibility index (Phi) is 4.02. The highest BCUT2D eigenvalue weighted by Crippen LogP contribution is 2.31. The lowest BCUT2D eigenvalue weighted by Crippen LogP contribution is -2.19. The minimum Gasteiger partial charge on any atom is -0.217 e. The smallest absolute Gasteiger partial charge is 0.217 e. The Morgan fingerprint density at radius 1 is 1.10 bits per heavy atom. The molecule has 0 radical (unpaired) electrons. The van der Waals surface area contributed by atoms with Crippen LogP contribution in [-0.2, 0) is 17.5 Å². The molecule has 2 aromatic rings. The number of aromatic nitrogens is 3. The minimum absolute atomic E-state index is 0.202. The van der Waals surface area contributed by atoms with Gasteiger partial charge in [-0.2, -0.15) is 13.2 Å². The van der Waals surface area contributed by atoms with Crippen LogP contribution >= 0.6 is 11.6 Å². The molecule has 2 rings (SSSR count). The molecule has 0 bridgehead atoms. The molecule has 0 saturated carbocycles. The summed E-state index contributed by atoms with van der Waals surface area (Å²) >= 11 is 5.86. The normalized spacial score (nSPS) is 12.7. The van der Waals surface area contributed by atoms with E-state index in [-0.39, 0.29) is 11.3 Å². The van der Waals surface area contributed by atoms with Crippen molar-refractivity contribution in [3.8, 4) is 5.69 Å². The van der Waals surface area contributed by atoms with Crippen molar-refractivity contribution in [1.29, 1.82) is 0 Å². The second-order valence-corrected chi connectivity index (χ2v) is 5.99. The first-order valence-corrected chi connectivity index (χ1v) is 6.86. The average molecular weight is 318 g/mol. The first kappa shape index (κ1) is 15.8. The van der Waals surface area contributed by atoms with Crippen molar-refractivity contribution >= 4 is 11.6 Å². The van der Waals surface area contributed by atoms with E-state index >= 15 is 0 Å². The summed E-state index contributed by atoms with van der Waals surface area (Å²) in [5.41, 5.74) is 0.968. The average Bonchev–Trinajstić information content (AvgIpc) is 2.81. The number of rotatable bonds is 2. The molecule has 0 N–H and O–H groups in total. The lowest BCUT2D eigenvalue weighted by atomic mass is 9.90. The molecule has 3 nitrogen and oxygen atoms in total. The third-order valence-electron chi connectivity index (χ3n) is 3.02. The topological polar surface area (TPSA) is 30.7 Å². The van der Waals surface area contributed by atoms with Crippen LogP contribution in [0.25, 0.3) is 5.69 Å². The van der Waals surface area contributed by atoms with Crippen LogP contribution in [-0.4, -0.2) is 15.0 Å². The van der Waals surface area contributed by atoms with E-state index in [4.69, 9.17) is 11.6 Å². The maximum atomic E-state index is 12.6. The van der Waals surface area contributed by atoms with Gasteiger partial charge in [0.25, 0.3) is 0 Å². The number of hydrogen-bond donors (Lipinski definition) is 0. The predicted octanol–water partition coefficient (Wildman–Crippen LogP) is 4.32. The molecule has 114 valence electrons. The van der Waals surface area contributed by atoms with Crippen molar-refractivity contribution in [2.45, 2.75) is 38.2 Å². The van der Waals surface area contributed by atoms with Crippen LogP contribution in [0.3, 0.4) is 0 Å². The van der Waals surface area contributed by atoms with Crippen molar-refractivity contribution in [2.24, 2.45) is 0 Å². The fraction of sp³-hybridized carbons (Fsp3) is 0.429. The van der Waals surface area contributed by atoms with Gasteiger partial charge >= 0.3 is 6.18 Å².